The van der Waals surface area contributed by atoms with Gasteiger partial charge in [-0.15, -0.1) is 0 Å². The van der Waals surface area contributed by atoms with E-state index in [1.807, 2.05) is 60.7 Å². The minimum atomic E-state index is -3.43. The first-order valence-electron chi connectivity index (χ1n) is 9.28. The predicted molar refractivity (Wildman–Crippen MR) is 112 cm³/mol. The standard InChI is InChI=1S/C23H23O5P/c24-23(25)15-19-11-13-22(14-12-19)18-29(26,27-16-20-7-3-1-4-8-20)28-17-21-9-5-2-6-10-21/h1-14H,15-18H2,(H,24,25). The fourth-order valence-electron chi connectivity index (χ4n) is 2.78. The molecule has 0 aliphatic carbocycles. The van der Waals surface area contributed by atoms with Gasteiger partial charge >= 0.3 is 13.6 Å². The fraction of sp³-hybridized carbons (Fsp3) is 0.174. The van der Waals surface area contributed by atoms with Crippen LogP contribution in [0.1, 0.15) is 22.3 Å². The summed E-state index contributed by atoms with van der Waals surface area (Å²) >= 11 is 0. The van der Waals surface area contributed by atoms with Crippen molar-refractivity contribution in [2.75, 3.05) is 0 Å². The number of aliphatic carboxylic acids is 1. The molecule has 0 spiro atoms. The van der Waals surface area contributed by atoms with Crippen LogP contribution in [0.5, 0.6) is 0 Å². The molecular weight excluding hydrogens is 387 g/mol. The third-order valence-electron chi connectivity index (χ3n) is 4.30. The number of carboxylic acid groups (broad SMARTS) is 1. The molecule has 150 valence electrons. The zero-order valence-electron chi connectivity index (χ0n) is 15.9. The van der Waals surface area contributed by atoms with Gasteiger partial charge in [0, 0.05) is 0 Å². The number of rotatable bonds is 10. The lowest BCUT2D eigenvalue weighted by atomic mass is 10.1. The maximum atomic E-state index is 13.5. The summed E-state index contributed by atoms with van der Waals surface area (Å²) in [6.45, 7) is 0.369. The molecule has 0 unspecified atom stereocenters. The Kier molecular flexibility index (Phi) is 7.36. The molecule has 3 aromatic rings. The quantitative estimate of drug-likeness (QED) is 0.451. The van der Waals surface area contributed by atoms with Crippen LogP contribution >= 0.6 is 7.60 Å². The minimum absolute atomic E-state index is 0.0487. The number of hydrogen-bond donors (Lipinski definition) is 1. The van der Waals surface area contributed by atoms with Crippen LogP contribution in [0.25, 0.3) is 0 Å². The first-order chi connectivity index (χ1) is 14.0. The topological polar surface area (TPSA) is 72.8 Å². The summed E-state index contributed by atoms with van der Waals surface area (Å²) in [5.41, 5.74) is 3.27. The van der Waals surface area contributed by atoms with Gasteiger partial charge in [0.25, 0.3) is 0 Å². The fourth-order valence-corrected chi connectivity index (χ4v) is 4.39. The van der Waals surface area contributed by atoms with Crippen molar-refractivity contribution in [2.24, 2.45) is 0 Å². The second-order valence-electron chi connectivity index (χ2n) is 6.67. The molecule has 0 aliphatic rings. The van der Waals surface area contributed by atoms with Gasteiger partial charge in [-0.25, -0.2) is 0 Å². The molecular formula is C23H23O5P. The summed E-state index contributed by atoms with van der Waals surface area (Å²) in [6, 6.07) is 26.0. The summed E-state index contributed by atoms with van der Waals surface area (Å²) in [6.07, 6.45) is 0.0625. The summed E-state index contributed by atoms with van der Waals surface area (Å²) in [5.74, 6) is -0.888. The van der Waals surface area contributed by atoms with Gasteiger partial charge in [-0.3, -0.25) is 9.36 Å². The average molecular weight is 410 g/mol. The van der Waals surface area contributed by atoms with E-state index < -0.39 is 13.6 Å². The number of carboxylic acids is 1. The van der Waals surface area contributed by atoms with E-state index in [2.05, 4.69) is 0 Å². The maximum absolute atomic E-state index is 13.5. The van der Waals surface area contributed by atoms with E-state index in [4.69, 9.17) is 14.2 Å². The molecule has 0 radical (unpaired) electrons. The van der Waals surface area contributed by atoms with Crippen molar-refractivity contribution in [3.8, 4) is 0 Å². The Labute approximate surface area is 170 Å². The molecule has 0 heterocycles. The maximum Gasteiger partial charge on any atom is 0.335 e. The Balaban J connectivity index is 1.72. The molecule has 0 atom stereocenters. The van der Waals surface area contributed by atoms with Gasteiger partial charge in [0.2, 0.25) is 0 Å². The summed E-state index contributed by atoms with van der Waals surface area (Å²) in [5, 5.41) is 8.89. The van der Waals surface area contributed by atoms with E-state index >= 15 is 0 Å². The van der Waals surface area contributed by atoms with E-state index in [0.29, 0.717) is 5.56 Å². The molecule has 0 aliphatic heterocycles. The van der Waals surface area contributed by atoms with Crippen LogP contribution in [0.2, 0.25) is 0 Å². The van der Waals surface area contributed by atoms with Crippen molar-refractivity contribution in [1.82, 2.24) is 0 Å². The van der Waals surface area contributed by atoms with E-state index in [1.165, 1.54) is 0 Å². The van der Waals surface area contributed by atoms with Crippen LogP contribution in [0.4, 0.5) is 0 Å². The van der Waals surface area contributed by atoms with Crippen LogP contribution in [0.3, 0.4) is 0 Å². The molecule has 5 nitrogen and oxygen atoms in total. The highest BCUT2D eigenvalue weighted by atomic mass is 31.2. The van der Waals surface area contributed by atoms with Gasteiger partial charge in [-0.05, 0) is 22.3 Å². The van der Waals surface area contributed by atoms with Crippen molar-refractivity contribution < 1.29 is 23.5 Å². The lowest BCUT2D eigenvalue weighted by molar-refractivity contribution is -0.136. The lowest BCUT2D eigenvalue weighted by Crippen LogP contribution is -2.02. The highest BCUT2D eigenvalue weighted by molar-refractivity contribution is 7.52. The third kappa shape index (κ3) is 6.99. The molecule has 0 amide bonds. The number of carbonyl (C=O) groups is 1. The Morgan fingerprint density at radius 1 is 0.690 bits per heavy atom. The molecule has 6 heteroatoms. The van der Waals surface area contributed by atoms with Gasteiger partial charge in [0.05, 0.1) is 25.8 Å². The van der Waals surface area contributed by atoms with Crippen molar-refractivity contribution in [3.63, 3.8) is 0 Å². The van der Waals surface area contributed by atoms with E-state index in [-0.39, 0.29) is 25.8 Å². The Hall–Kier alpha value is -2.72. The molecule has 3 rings (SSSR count). The second-order valence-corrected chi connectivity index (χ2v) is 8.73. The van der Waals surface area contributed by atoms with Gasteiger partial charge < -0.3 is 14.2 Å². The van der Waals surface area contributed by atoms with Gasteiger partial charge in [-0.1, -0.05) is 84.9 Å². The summed E-state index contributed by atoms with van der Waals surface area (Å²) < 4.78 is 25.0. The molecule has 1 N–H and O–H groups in total. The molecule has 0 aromatic heterocycles. The van der Waals surface area contributed by atoms with E-state index in [0.717, 1.165) is 16.7 Å². The van der Waals surface area contributed by atoms with Crippen LogP contribution in [-0.4, -0.2) is 11.1 Å². The molecule has 0 saturated carbocycles. The second kappa shape index (κ2) is 10.2. The average Bonchev–Trinajstić information content (AvgIpc) is 2.74. The van der Waals surface area contributed by atoms with Gasteiger partial charge in [-0.2, -0.15) is 0 Å². The van der Waals surface area contributed by atoms with Crippen LogP contribution in [0, 0.1) is 0 Å². The normalized spacial score (nSPS) is 11.3. The van der Waals surface area contributed by atoms with Crippen molar-refractivity contribution in [2.45, 2.75) is 25.8 Å². The van der Waals surface area contributed by atoms with Gasteiger partial charge in [0.1, 0.15) is 0 Å². The van der Waals surface area contributed by atoms with Crippen molar-refractivity contribution in [1.29, 1.82) is 0 Å². The minimum Gasteiger partial charge on any atom is -0.481 e. The SMILES string of the molecule is O=C(O)Cc1ccc(CP(=O)(OCc2ccccc2)OCc2ccccc2)cc1. The highest BCUT2D eigenvalue weighted by Gasteiger charge is 2.26. The smallest absolute Gasteiger partial charge is 0.335 e. The summed E-state index contributed by atoms with van der Waals surface area (Å²) in [7, 11) is -3.43. The van der Waals surface area contributed by atoms with Crippen LogP contribution in [0.15, 0.2) is 84.9 Å². The Morgan fingerprint density at radius 3 is 1.59 bits per heavy atom. The lowest BCUT2D eigenvalue weighted by Gasteiger charge is -2.19. The first kappa shape index (κ1) is 21.0. The number of benzene rings is 3. The Morgan fingerprint density at radius 2 is 1.14 bits per heavy atom. The van der Waals surface area contributed by atoms with Crippen LogP contribution in [-0.2, 0) is 44.2 Å². The number of hydrogen-bond acceptors (Lipinski definition) is 4. The largest absolute Gasteiger partial charge is 0.481 e. The molecule has 0 saturated heterocycles. The van der Waals surface area contributed by atoms with E-state index in [9.17, 15) is 9.36 Å². The van der Waals surface area contributed by atoms with Crippen molar-refractivity contribution >= 4 is 13.6 Å². The highest BCUT2D eigenvalue weighted by Crippen LogP contribution is 2.52. The zero-order valence-corrected chi connectivity index (χ0v) is 16.8. The van der Waals surface area contributed by atoms with Crippen molar-refractivity contribution in [3.05, 3.63) is 107 Å². The van der Waals surface area contributed by atoms with Crippen LogP contribution < -0.4 is 0 Å². The Bertz CT molecular complexity index is 908. The summed E-state index contributed by atoms with van der Waals surface area (Å²) in [4.78, 5) is 10.8. The predicted octanol–water partition coefficient (Wildman–Crippen LogP) is 5.44. The zero-order chi connectivity index (χ0) is 20.5. The molecule has 0 fully saturated rings. The first-order valence-corrected chi connectivity index (χ1v) is 11.0. The monoisotopic (exact) mass is 410 g/mol. The molecule has 0 bridgehead atoms. The molecule has 29 heavy (non-hydrogen) atoms. The third-order valence-corrected chi connectivity index (χ3v) is 6.09. The molecule has 3 aromatic carbocycles. The van der Waals surface area contributed by atoms with Gasteiger partial charge in [0.15, 0.2) is 0 Å². The van der Waals surface area contributed by atoms with E-state index in [1.54, 1.807) is 24.3 Å².